The molecule has 0 saturated heterocycles. The summed E-state index contributed by atoms with van der Waals surface area (Å²) in [6.45, 7) is 4.72. The van der Waals surface area contributed by atoms with Gasteiger partial charge in [0.05, 0.1) is 39.9 Å². The van der Waals surface area contributed by atoms with Crippen molar-refractivity contribution in [1.29, 1.82) is 0 Å². The van der Waals surface area contributed by atoms with Crippen molar-refractivity contribution in [1.82, 2.24) is 5.32 Å². The second-order valence-electron chi connectivity index (χ2n) is 14.3. The summed E-state index contributed by atoms with van der Waals surface area (Å²) in [5.41, 5.74) is 0. The van der Waals surface area contributed by atoms with E-state index >= 15 is 0 Å². The van der Waals surface area contributed by atoms with Gasteiger partial charge in [-0.2, -0.15) is 0 Å². The van der Waals surface area contributed by atoms with Crippen LogP contribution in [0.4, 0.5) is 0 Å². The molecular weight excluding hydrogens is 623 g/mol. The normalized spacial score (nSPS) is 15.1. The zero-order valence-electron chi connectivity index (χ0n) is 31.7. The lowest BCUT2D eigenvalue weighted by Gasteiger charge is -2.26. The van der Waals surface area contributed by atoms with Crippen LogP contribution < -0.4 is 5.32 Å². The molecule has 3 atom stereocenters. The van der Waals surface area contributed by atoms with Crippen molar-refractivity contribution < 1.29 is 32.9 Å². The second kappa shape index (κ2) is 31.7. The lowest BCUT2D eigenvalue weighted by molar-refractivity contribution is -0.870. The van der Waals surface area contributed by atoms with Crippen LogP contribution in [-0.2, 0) is 18.4 Å². The van der Waals surface area contributed by atoms with Gasteiger partial charge in [-0.3, -0.25) is 13.8 Å². The predicted octanol–water partition coefficient (Wildman–Crippen LogP) is 9.96. The maximum atomic E-state index is 12.8. The summed E-state index contributed by atoms with van der Waals surface area (Å²) in [7, 11) is 1.59. The first kappa shape index (κ1) is 46.7. The number of aliphatic hydroxyl groups excluding tert-OH is 1. The van der Waals surface area contributed by atoms with Crippen LogP contribution in [0.3, 0.4) is 0 Å². The first-order valence-corrected chi connectivity index (χ1v) is 20.8. The third-order valence-corrected chi connectivity index (χ3v) is 9.39. The maximum Gasteiger partial charge on any atom is 0.472 e. The number of likely N-dealkylation sites (N-methyl/N-ethyl adjacent to an activating group) is 1. The maximum absolute atomic E-state index is 12.8. The smallest absolute Gasteiger partial charge is 0.391 e. The number of nitrogens with zero attached hydrogens (tertiary/aromatic N) is 1. The molecule has 8 nitrogen and oxygen atoms in total. The third-order valence-electron chi connectivity index (χ3n) is 8.40. The molecule has 0 aliphatic heterocycles. The zero-order valence-corrected chi connectivity index (χ0v) is 32.6. The number of carbonyl (C=O) groups excluding carboxylic acids is 1. The van der Waals surface area contributed by atoms with Gasteiger partial charge in [-0.1, -0.05) is 140 Å². The average Bonchev–Trinajstić information content (AvgIpc) is 3.02. The van der Waals surface area contributed by atoms with E-state index in [-0.39, 0.29) is 19.1 Å². The average molecular weight is 700 g/mol. The van der Waals surface area contributed by atoms with Gasteiger partial charge in [0.2, 0.25) is 5.91 Å². The van der Waals surface area contributed by atoms with Crippen molar-refractivity contribution in [3.8, 4) is 0 Å². The van der Waals surface area contributed by atoms with Crippen LogP contribution in [0.1, 0.15) is 155 Å². The highest BCUT2D eigenvalue weighted by atomic mass is 31.2. The number of amides is 1. The summed E-state index contributed by atoms with van der Waals surface area (Å²) >= 11 is 0. The number of unbranched alkanes of at least 4 members (excludes halogenated alkanes) is 15. The largest absolute Gasteiger partial charge is 0.472 e. The molecular formula is C39H76N2O6P+. The minimum Gasteiger partial charge on any atom is -0.391 e. The molecule has 0 radical (unpaired) electrons. The lowest BCUT2D eigenvalue weighted by atomic mass is 10.0. The molecule has 1 amide bonds. The first-order valence-electron chi connectivity index (χ1n) is 19.4. The third kappa shape index (κ3) is 33.2. The SMILES string of the molecule is CC/C=C\C/C=C\C/C=C\CCCCCCCC(=O)NC(COP(=O)(O)OCC[N+](C)(C)C)C(O)CCCCCCCCCCCCC. The molecule has 3 N–H and O–H groups in total. The van der Waals surface area contributed by atoms with Gasteiger partial charge in [0, 0.05) is 6.42 Å². The molecule has 282 valence electrons. The van der Waals surface area contributed by atoms with Crippen LogP contribution in [0.2, 0.25) is 0 Å². The van der Waals surface area contributed by atoms with Gasteiger partial charge >= 0.3 is 7.82 Å². The molecule has 0 heterocycles. The molecule has 0 aliphatic rings. The molecule has 0 aromatic heterocycles. The van der Waals surface area contributed by atoms with E-state index in [1.165, 1.54) is 51.4 Å². The fourth-order valence-corrected chi connectivity index (χ4v) is 6.03. The standard InChI is InChI=1S/C39H75N2O6P/c1-6-8-10-12-14-16-18-19-20-21-23-25-27-29-31-33-39(43)40-37(36-47-48(44,45)46-35-34-41(3,4)5)38(42)32-30-28-26-24-22-17-15-13-11-9-7-2/h8,10,14,16,19-20,37-38,42H,6-7,9,11-13,15,17-18,21-36H2,1-5H3,(H-,40,43,44,45)/p+1/b10-8-,16-14-,20-19-. The number of phosphoric acid groups is 1. The van der Waals surface area contributed by atoms with Crippen LogP contribution in [-0.4, -0.2) is 73.4 Å². The number of allylic oxidation sites excluding steroid dienone is 6. The minimum atomic E-state index is -4.31. The van der Waals surface area contributed by atoms with E-state index in [0.29, 0.717) is 23.9 Å². The Bertz CT molecular complexity index is 886. The molecule has 9 heteroatoms. The summed E-state index contributed by atoms with van der Waals surface area (Å²) in [5.74, 6) is -0.165. The Labute approximate surface area is 296 Å². The molecule has 0 aromatic rings. The Morgan fingerprint density at radius 2 is 1.25 bits per heavy atom. The molecule has 0 bridgehead atoms. The van der Waals surface area contributed by atoms with Crippen LogP contribution >= 0.6 is 7.82 Å². The molecule has 3 unspecified atom stereocenters. The number of phosphoric ester groups is 1. The van der Waals surface area contributed by atoms with E-state index < -0.39 is 20.0 Å². The molecule has 48 heavy (non-hydrogen) atoms. The Kier molecular flexibility index (Phi) is 30.8. The summed E-state index contributed by atoms with van der Waals surface area (Å²) in [6, 6.07) is -0.766. The quantitative estimate of drug-likeness (QED) is 0.0267. The molecule has 0 spiro atoms. The Balaban J connectivity index is 4.49. The summed E-state index contributed by atoms with van der Waals surface area (Å²) in [6.07, 6.45) is 35.9. The molecule has 0 aromatic carbocycles. The van der Waals surface area contributed by atoms with Gasteiger partial charge in [-0.15, -0.1) is 0 Å². The minimum absolute atomic E-state index is 0.0699. The lowest BCUT2D eigenvalue weighted by Crippen LogP contribution is -2.46. The second-order valence-corrected chi connectivity index (χ2v) is 15.7. The van der Waals surface area contributed by atoms with E-state index in [1.807, 2.05) is 21.1 Å². The number of hydrogen-bond acceptors (Lipinski definition) is 5. The van der Waals surface area contributed by atoms with Crippen LogP contribution in [0.25, 0.3) is 0 Å². The Morgan fingerprint density at radius 1 is 0.729 bits per heavy atom. The number of rotatable bonds is 34. The Morgan fingerprint density at radius 3 is 1.83 bits per heavy atom. The van der Waals surface area contributed by atoms with Crippen LogP contribution in [0.5, 0.6) is 0 Å². The van der Waals surface area contributed by atoms with E-state index in [2.05, 4.69) is 55.6 Å². The van der Waals surface area contributed by atoms with Crippen molar-refractivity contribution in [2.45, 2.75) is 167 Å². The van der Waals surface area contributed by atoms with E-state index in [1.54, 1.807) is 0 Å². The van der Waals surface area contributed by atoms with Crippen molar-refractivity contribution in [2.24, 2.45) is 0 Å². The summed E-state index contributed by atoms with van der Waals surface area (Å²) < 4.78 is 23.5. The monoisotopic (exact) mass is 700 g/mol. The van der Waals surface area contributed by atoms with Crippen LogP contribution in [0.15, 0.2) is 36.5 Å². The number of carbonyl (C=O) groups is 1. The van der Waals surface area contributed by atoms with Crippen molar-refractivity contribution in [3.05, 3.63) is 36.5 Å². The van der Waals surface area contributed by atoms with Crippen LogP contribution in [0, 0.1) is 0 Å². The van der Waals surface area contributed by atoms with E-state index in [4.69, 9.17) is 9.05 Å². The number of quaternary nitrogens is 1. The van der Waals surface area contributed by atoms with Crippen molar-refractivity contribution in [2.75, 3.05) is 40.9 Å². The summed E-state index contributed by atoms with van der Waals surface area (Å²) in [5, 5.41) is 13.8. The topological polar surface area (TPSA) is 105 Å². The van der Waals surface area contributed by atoms with Gasteiger partial charge in [-0.25, -0.2) is 4.57 Å². The van der Waals surface area contributed by atoms with Gasteiger partial charge < -0.3 is 19.8 Å². The zero-order chi connectivity index (χ0) is 35.8. The highest BCUT2D eigenvalue weighted by Gasteiger charge is 2.28. The number of nitrogens with one attached hydrogen (secondary N) is 1. The summed E-state index contributed by atoms with van der Waals surface area (Å²) in [4.78, 5) is 23.0. The van der Waals surface area contributed by atoms with Crippen molar-refractivity contribution >= 4 is 13.7 Å². The highest BCUT2D eigenvalue weighted by molar-refractivity contribution is 7.47. The highest BCUT2D eigenvalue weighted by Crippen LogP contribution is 2.43. The fourth-order valence-electron chi connectivity index (χ4n) is 5.29. The predicted molar refractivity (Wildman–Crippen MR) is 203 cm³/mol. The van der Waals surface area contributed by atoms with Gasteiger partial charge in [0.1, 0.15) is 13.2 Å². The molecule has 0 rings (SSSR count). The van der Waals surface area contributed by atoms with Gasteiger partial charge in [-0.05, 0) is 44.9 Å². The first-order chi connectivity index (χ1) is 23.0. The van der Waals surface area contributed by atoms with Crippen molar-refractivity contribution in [3.63, 3.8) is 0 Å². The van der Waals surface area contributed by atoms with E-state index in [9.17, 15) is 19.4 Å². The Hall–Kier alpha value is -1.28. The molecule has 0 fully saturated rings. The van der Waals surface area contributed by atoms with E-state index in [0.717, 1.165) is 77.0 Å². The van der Waals surface area contributed by atoms with Gasteiger partial charge in [0.25, 0.3) is 0 Å². The molecule has 0 saturated carbocycles. The number of hydrogen-bond donors (Lipinski definition) is 3. The fraction of sp³-hybridized carbons (Fsp3) is 0.821. The van der Waals surface area contributed by atoms with Gasteiger partial charge in [0.15, 0.2) is 0 Å². The number of aliphatic hydroxyl groups is 1. The molecule has 0 aliphatic carbocycles.